The third-order valence-electron chi connectivity index (χ3n) is 5.22. The van der Waals surface area contributed by atoms with Gasteiger partial charge in [0.1, 0.15) is 5.75 Å². The third-order valence-corrected chi connectivity index (χ3v) is 5.84. The number of benzene rings is 3. The number of rotatable bonds is 7. The van der Waals surface area contributed by atoms with E-state index in [2.05, 4.69) is 66.3 Å². The van der Waals surface area contributed by atoms with Crippen LogP contribution in [0.5, 0.6) is 5.75 Å². The molecule has 0 aliphatic carbocycles. The van der Waals surface area contributed by atoms with Gasteiger partial charge in [-0.1, -0.05) is 115 Å². The highest BCUT2D eigenvalue weighted by Gasteiger charge is 2.02. The summed E-state index contributed by atoms with van der Waals surface area (Å²) in [5.74, 6) is 2.00. The van der Waals surface area contributed by atoms with Gasteiger partial charge in [-0.3, -0.25) is 4.79 Å². The summed E-state index contributed by atoms with van der Waals surface area (Å²) in [6.45, 7) is 13.8. The van der Waals surface area contributed by atoms with Gasteiger partial charge in [-0.15, -0.1) is 12.6 Å². The van der Waals surface area contributed by atoms with E-state index in [1.54, 1.807) is 36.4 Å². The van der Waals surface area contributed by atoms with E-state index in [1.807, 2.05) is 36.4 Å². The summed E-state index contributed by atoms with van der Waals surface area (Å²) >= 11 is 8.82. The van der Waals surface area contributed by atoms with Crippen LogP contribution in [0.2, 0.25) is 0 Å². The topological polar surface area (TPSA) is 46.5 Å². The van der Waals surface area contributed by atoms with Gasteiger partial charge in [-0.2, -0.15) is 0 Å². The van der Waals surface area contributed by atoms with Crippen molar-refractivity contribution < 1.29 is 14.6 Å². The van der Waals surface area contributed by atoms with E-state index in [0.29, 0.717) is 17.2 Å². The van der Waals surface area contributed by atoms with E-state index in [0.717, 1.165) is 23.8 Å². The number of hydrogen-bond donors (Lipinski definition) is 2. The van der Waals surface area contributed by atoms with Crippen molar-refractivity contribution in [1.29, 1.82) is 0 Å². The van der Waals surface area contributed by atoms with Crippen molar-refractivity contribution in [3.05, 3.63) is 102 Å². The Morgan fingerprint density at radius 1 is 0.784 bits per heavy atom. The van der Waals surface area contributed by atoms with Crippen molar-refractivity contribution in [3.63, 3.8) is 0 Å². The Morgan fingerprint density at radius 3 is 1.59 bits per heavy atom. The fourth-order valence-electron chi connectivity index (χ4n) is 2.17. The molecule has 0 aliphatic heterocycles. The van der Waals surface area contributed by atoms with Crippen LogP contribution < -0.4 is 0 Å². The van der Waals surface area contributed by atoms with Crippen LogP contribution >= 0.6 is 24.8 Å². The van der Waals surface area contributed by atoms with Crippen molar-refractivity contribution in [3.8, 4) is 5.75 Å². The number of thiocarbonyl (C=S) groups is 1. The lowest BCUT2D eigenvalue weighted by Gasteiger charge is -2.07. The standard InChI is InChI=1S/C15H14O2S.C7H6OS.2C5H12/c16-14-8-6-13(7-9-14)15(18)17-11-10-12-4-2-1-3-5-12;8-7(9)6-4-2-1-3-5-6;2*1-4-5(2)3/h1-9,16H,10-11H2;1-5H,(H,8,9);2*5H,4H2,1-3H3. The van der Waals surface area contributed by atoms with Gasteiger partial charge in [0.15, 0.2) is 5.05 Å². The van der Waals surface area contributed by atoms with Crippen molar-refractivity contribution in [2.75, 3.05) is 6.61 Å². The number of carbonyl (C=O) groups excluding carboxylic acids is 1. The second-order valence-corrected chi connectivity index (χ2v) is 9.97. The van der Waals surface area contributed by atoms with E-state index in [4.69, 9.17) is 17.0 Å². The molecule has 0 saturated carbocycles. The highest BCUT2D eigenvalue weighted by atomic mass is 32.1. The van der Waals surface area contributed by atoms with E-state index in [9.17, 15) is 9.90 Å². The monoisotopic (exact) mass is 540 g/mol. The number of phenols is 1. The molecule has 3 aromatic carbocycles. The lowest BCUT2D eigenvalue weighted by molar-refractivity contribution is 0.109. The third kappa shape index (κ3) is 19.2. The molecular weight excluding hydrogens is 496 g/mol. The smallest absolute Gasteiger partial charge is 0.216 e. The van der Waals surface area contributed by atoms with Crippen LogP contribution in [0.1, 0.15) is 75.9 Å². The molecule has 0 heterocycles. The summed E-state index contributed by atoms with van der Waals surface area (Å²) in [5.41, 5.74) is 2.68. The SMILES string of the molecule is CCC(C)C.CCC(C)C.O=C(S)c1ccccc1.Oc1ccc(C(=S)OCCc2ccccc2)cc1. The molecule has 0 amide bonds. The molecule has 0 fully saturated rings. The number of phenolic OH excluding ortho intramolecular Hbond substituents is 1. The molecule has 1 N–H and O–H groups in total. The summed E-state index contributed by atoms with van der Waals surface area (Å²) in [6.07, 6.45) is 3.44. The molecule has 37 heavy (non-hydrogen) atoms. The summed E-state index contributed by atoms with van der Waals surface area (Å²) in [5, 5.41) is 9.46. The molecule has 202 valence electrons. The van der Waals surface area contributed by atoms with Crippen LogP contribution in [0.25, 0.3) is 0 Å². The quantitative estimate of drug-likeness (QED) is 0.232. The first-order chi connectivity index (χ1) is 17.6. The number of aromatic hydroxyl groups is 1. The Labute approximate surface area is 235 Å². The average Bonchev–Trinajstić information content (AvgIpc) is 2.91. The van der Waals surface area contributed by atoms with Gasteiger partial charge in [-0.05, 0) is 53.9 Å². The molecule has 0 aromatic heterocycles. The Balaban J connectivity index is 0.000000566. The molecule has 0 radical (unpaired) electrons. The first kappa shape index (κ1) is 34.4. The second kappa shape index (κ2) is 21.5. The van der Waals surface area contributed by atoms with Gasteiger partial charge in [0.2, 0.25) is 5.12 Å². The van der Waals surface area contributed by atoms with E-state index in [-0.39, 0.29) is 10.9 Å². The Bertz CT molecular complexity index is 962. The van der Waals surface area contributed by atoms with Crippen LogP contribution in [-0.2, 0) is 11.2 Å². The maximum atomic E-state index is 10.5. The van der Waals surface area contributed by atoms with Gasteiger partial charge < -0.3 is 9.84 Å². The molecule has 0 aliphatic rings. The lowest BCUT2D eigenvalue weighted by atomic mass is 10.2. The molecule has 0 saturated heterocycles. The molecular formula is C32H44O3S2. The summed E-state index contributed by atoms with van der Waals surface area (Å²) in [4.78, 5) is 10.5. The Hall–Kier alpha value is -2.63. The molecule has 5 heteroatoms. The van der Waals surface area contributed by atoms with Crippen LogP contribution in [0.3, 0.4) is 0 Å². The molecule has 3 rings (SSSR count). The summed E-state index contributed by atoms with van der Waals surface area (Å²) in [6, 6.07) is 25.8. The number of ether oxygens (including phenoxy) is 1. The van der Waals surface area contributed by atoms with Crippen molar-refractivity contribution in [1.82, 2.24) is 0 Å². The number of carbonyl (C=O) groups is 1. The molecule has 3 nitrogen and oxygen atoms in total. The number of thiol groups is 1. The van der Waals surface area contributed by atoms with Gasteiger partial charge in [0.05, 0.1) is 6.61 Å². The fourth-order valence-corrected chi connectivity index (χ4v) is 2.54. The van der Waals surface area contributed by atoms with Gasteiger partial charge in [0.25, 0.3) is 0 Å². The number of hydrogen-bond acceptors (Lipinski definition) is 4. The summed E-state index contributed by atoms with van der Waals surface area (Å²) in [7, 11) is 0. The minimum absolute atomic E-state index is 0.185. The second-order valence-electron chi connectivity index (χ2n) is 9.19. The van der Waals surface area contributed by atoms with E-state index >= 15 is 0 Å². The maximum absolute atomic E-state index is 10.5. The molecule has 0 bridgehead atoms. The van der Waals surface area contributed by atoms with Gasteiger partial charge in [0, 0.05) is 17.5 Å². The molecule has 0 spiro atoms. The predicted molar refractivity (Wildman–Crippen MR) is 166 cm³/mol. The van der Waals surface area contributed by atoms with Crippen molar-refractivity contribution in [2.45, 2.75) is 60.8 Å². The molecule has 3 aromatic rings. The first-order valence-electron chi connectivity index (χ1n) is 12.9. The highest BCUT2D eigenvalue weighted by Crippen LogP contribution is 2.11. The minimum atomic E-state index is -0.185. The zero-order chi connectivity index (χ0) is 28.1. The maximum Gasteiger partial charge on any atom is 0.216 e. The Kier molecular flexibility index (Phi) is 19.9. The lowest BCUT2D eigenvalue weighted by Crippen LogP contribution is -2.06. The van der Waals surface area contributed by atoms with Crippen LogP contribution in [0, 0.1) is 11.8 Å². The summed E-state index contributed by atoms with van der Waals surface area (Å²) < 4.78 is 5.52. The Morgan fingerprint density at radius 2 is 1.22 bits per heavy atom. The van der Waals surface area contributed by atoms with Crippen LogP contribution in [0.15, 0.2) is 84.9 Å². The first-order valence-corrected chi connectivity index (χ1v) is 13.7. The van der Waals surface area contributed by atoms with Crippen LogP contribution in [0.4, 0.5) is 0 Å². The van der Waals surface area contributed by atoms with E-state index < -0.39 is 0 Å². The van der Waals surface area contributed by atoms with E-state index in [1.165, 1.54) is 18.4 Å². The zero-order valence-electron chi connectivity index (χ0n) is 23.2. The van der Waals surface area contributed by atoms with Crippen molar-refractivity contribution >= 4 is 35.0 Å². The van der Waals surface area contributed by atoms with Crippen LogP contribution in [-0.4, -0.2) is 21.9 Å². The molecule has 0 atom stereocenters. The van der Waals surface area contributed by atoms with Gasteiger partial charge in [-0.25, -0.2) is 0 Å². The van der Waals surface area contributed by atoms with Gasteiger partial charge >= 0.3 is 0 Å². The normalized spacial score (nSPS) is 9.65. The predicted octanol–water partition coefficient (Wildman–Crippen LogP) is 9.19. The molecule has 0 unspecified atom stereocenters. The largest absolute Gasteiger partial charge is 0.508 e. The average molecular weight is 541 g/mol. The minimum Gasteiger partial charge on any atom is -0.508 e. The van der Waals surface area contributed by atoms with Crippen molar-refractivity contribution in [2.24, 2.45) is 11.8 Å². The zero-order valence-corrected chi connectivity index (χ0v) is 24.9. The highest BCUT2D eigenvalue weighted by molar-refractivity contribution is 7.97. The fraction of sp³-hybridized carbons (Fsp3) is 0.375.